The van der Waals surface area contributed by atoms with Gasteiger partial charge in [0, 0.05) is 30.5 Å². The van der Waals surface area contributed by atoms with Gasteiger partial charge in [-0.15, -0.1) is 0 Å². The van der Waals surface area contributed by atoms with Gasteiger partial charge in [-0.05, 0) is 36.4 Å². The molecule has 1 unspecified atom stereocenters. The van der Waals surface area contributed by atoms with Crippen LogP contribution in [-0.4, -0.2) is 22.6 Å². The van der Waals surface area contributed by atoms with E-state index < -0.39 is 29.3 Å². The Kier molecular flexibility index (Phi) is 4.56. The minimum absolute atomic E-state index is 0.00702. The van der Waals surface area contributed by atoms with Crippen molar-refractivity contribution < 1.29 is 31.3 Å². The largest absolute Gasteiger partial charge is 0.416 e. The molecule has 1 aromatic heterocycles. The standard InChI is InChI=1S/C19H12F5N3O2/c20-13-5-6-15(14(21)8-13)27-9-11(7-16(27)28)17-25-18(29-26-17)10-1-3-12(4-2-10)19(22,23)24/h1-6,8,11H,7,9H2. The average molecular weight is 409 g/mol. The molecule has 3 aromatic rings. The maximum Gasteiger partial charge on any atom is 0.416 e. The minimum Gasteiger partial charge on any atom is -0.334 e. The van der Waals surface area contributed by atoms with E-state index in [0.29, 0.717) is 11.6 Å². The maximum absolute atomic E-state index is 14.0. The summed E-state index contributed by atoms with van der Waals surface area (Å²) in [5.74, 6) is -2.32. The molecule has 0 aliphatic carbocycles. The Bertz CT molecular complexity index is 1060. The summed E-state index contributed by atoms with van der Waals surface area (Å²) < 4.78 is 70.2. The Morgan fingerprint density at radius 3 is 2.45 bits per heavy atom. The molecule has 0 saturated carbocycles. The summed E-state index contributed by atoms with van der Waals surface area (Å²) in [7, 11) is 0. The van der Waals surface area contributed by atoms with Gasteiger partial charge in [-0.25, -0.2) is 8.78 Å². The third kappa shape index (κ3) is 3.69. The van der Waals surface area contributed by atoms with E-state index in [1.54, 1.807) is 0 Å². The molecule has 1 fully saturated rings. The highest BCUT2D eigenvalue weighted by Gasteiger charge is 2.36. The second-order valence-corrected chi connectivity index (χ2v) is 6.53. The maximum atomic E-state index is 14.0. The van der Waals surface area contributed by atoms with Crippen LogP contribution in [-0.2, 0) is 11.0 Å². The van der Waals surface area contributed by atoms with Crippen LogP contribution >= 0.6 is 0 Å². The number of nitrogens with zero attached hydrogens (tertiary/aromatic N) is 3. The lowest BCUT2D eigenvalue weighted by molar-refractivity contribution is -0.137. The number of aromatic nitrogens is 2. The van der Waals surface area contributed by atoms with Crippen molar-refractivity contribution in [1.82, 2.24) is 10.1 Å². The van der Waals surface area contributed by atoms with Crippen molar-refractivity contribution >= 4 is 11.6 Å². The van der Waals surface area contributed by atoms with E-state index in [2.05, 4.69) is 10.1 Å². The first kappa shape index (κ1) is 19.0. The molecule has 1 amide bonds. The van der Waals surface area contributed by atoms with Crippen LogP contribution in [0.25, 0.3) is 11.5 Å². The Hall–Kier alpha value is -3.30. The highest BCUT2D eigenvalue weighted by Crippen LogP contribution is 2.34. The van der Waals surface area contributed by atoms with Crippen molar-refractivity contribution in [3.63, 3.8) is 0 Å². The predicted octanol–water partition coefficient (Wildman–Crippen LogP) is 4.55. The molecule has 1 aliphatic rings. The van der Waals surface area contributed by atoms with E-state index in [0.717, 1.165) is 18.2 Å². The number of anilines is 1. The van der Waals surface area contributed by atoms with Gasteiger partial charge in [0.25, 0.3) is 5.89 Å². The van der Waals surface area contributed by atoms with E-state index in [9.17, 15) is 26.7 Å². The molecule has 10 heteroatoms. The summed E-state index contributed by atoms with van der Waals surface area (Å²) in [5, 5.41) is 3.80. The normalized spacial score (nSPS) is 17.2. The molecule has 2 heterocycles. The van der Waals surface area contributed by atoms with Crippen LogP contribution in [0.2, 0.25) is 0 Å². The molecule has 1 saturated heterocycles. The molecule has 0 bridgehead atoms. The number of hydrogen-bond donors (Lipinski definition) is 0. The second kappa shape index (κ2) is 6.94. The van der Waals surface area contributed by atoms with Gasteiger partial charge in [-0.3, -0.25) is 4.79 Å². The predicted molar refractivity (Wildman–Crippen MR) is 90.8 cm³/mol. The number of rotatable bonds is 3. The molecule has 0 N–H and O–H groups in total. The number of amides is 1. The van der Waals surface area contributed by atoms with Gasteiger partial charge in [-0.1, -0.05) is 5.16 Å². The number of halogens is 5. The van der Waals surface area contributed by atoms with E-state index in [-0.39, 0.29) is 36.3 Å². The van der Waals surface area contributed by atoms with Gasteiger partial charge in [0.1, 0.15) is 11.6 Å². The van der Waals surface area contributed by atoms with Crippen LogP contribution in [0.1, 0.15) is 23.7 Å². The first-order valence-corrected chi connectivity index (χ1v) is 8.49. The zero-order valence-corrected chi connectivity index (χ0v) is 14.6. The first-order valence-electron chi connectivity index (χ1n) is 8.49. The van der Waals surface area contributed by atoms with Crippen molar-refractivity contribution in [2.75, 3.05) is 11.4 Å². The highest BCUT2D eigenvalue weighted by atomic mass is 19.4. The van der Waals surface area contributed by atoms with Crippen molar-refractivity contribution in [3.05, 3.63) is 65.5 Å². The minimum atomic E-state index is -4.46. The van der Waals surface area contributed by atoms with Crippen LogP contribution in [0.4, 0.5) is 27.6 Å². The summed E-state index contributed by atoms with van der Waals surface area (Å²) in [6.45, 7) is 0.0629. The molecule has 1 aliphatic heterocycles. The number of carbonyl (C=O) groups is 1. The fraction of sp³-hybridized carbons (Fsp3) is 0.211. The SMILES string of the molecule is O=C1CC(c2noc(-c3ccc(C(F)(F)F)cc3)n2)CN1c1ccc(F)cc1F. The highest BCUT2D eigenvalue weighted by molar-refractivity contribution is 5.96. The van der Waals surface area contributed by atoms with E-state index in [1.807, 2.05) is 0 Å². The smallest absolute Gasteiger partial charge is 0.334 e. The number of hydrogen-bond acceptors (Lipinski definition) is 4. The Balaban J connectivity index is 1.53. The second-order valence-electron chi connectivity index (χ2n) is 6.53. The van der Waals surface area contributed by atoms with Crippen LogP contribution in [0.3, 0.4) is 0 Å². The van der Waals surface area contributed by atoms with Crippen molar-refractivity contribution in [1.29, 1.82) is 0 Å². The number of benzene rings is 2. The van der Waals surface area contributed by atoms with Crippen LogP contribution in [0.5, 0.6) is 0 Å². The van der Waals surface area contributed by atoms with Gasteiger partial charge in [0.05, 0.1) is 11.3 Å². The molecule has 1 atom stereocenters. The number of alkyl halides is 3. The zero-order chi connectivity index (χ0) is 20.8. The molecular formula is C19H12F5N3O2. The molecule has 0 spiro atoms. The zero-order valence-electron chi connectivity index (χ0n) is 14.6. The Labute approximate surface area is 160 Å². The molecule has 4 rings (SSSR count). The van der Waals surface area contributed by atoms with Crippen molar-refractivity contribution in [3.8, 4) is 11.5 Å². The Morgan fingerprint density at radius 2 is 1.79 bits per heavy atom. The third-order valence-electron chi connectivity index (χ3n) is 4.59. The third-order valence-corrected chi connectivity index (χ3v) is 4.59. The van der Waals surface area contributed by atoms with Gasteiger partial charge in [0.2, 0.25) is 5.91 Å². The average Bonchev–Trinajstić information content (AvgIpc) is 3.28. The van der Waals surface area contributed by atoms with Gasteiger partial charge < -0.3 is 9.42 Å². The quantitative estimate of drug-likeness (QED) is 0.596. The van der Waals surface area contributed by atoms with E-state index in [4.69, 9.17) is 4.52 Å². The summed E-state index contributed by atoms with van der Waals surface area (Å²) in [4.78, 5) is 17.6. The van der Waals surface area contributed by atoms with Gasteiger partial charge >= 0.3 is 6.18 Å². The first-order chi connectivity index (χ1) is 13.7. The lowest BCUT2D eigenvalue weighted by atomic mass is 10.1. The van der Waals surface area contributed by atoms with Gasteiger partial charge in [0.15, 0.2) is 5.82 Å². The van der Waals surface area contributed by atoms with E-state index >= 15 is 0 Å². The molecule has 29 heavy (non-hydrogen) atoms. The summed E-state index contributed by atoms with van der Waals surface area (Å²) in [5.41, 5.74) is -0.563. The molecule has 150 valence electrons. The summed E-state index contributed by atoms with van der Waals surface area (Å²) in [6.07, 6.45) is -4.47. The lowest BCUT2D eigenvalue weighted by Crippen LogP contribution is -2.25. The molecule has 0 radical (unpaired) electrons. The molecular weight excluding hydrogens is 397 g/mol. The van der Waals surface area contributed by atoms with Crippen LogP contribution < -0.4 is 4.90 Å². The molecule has 2 aromatic carbocycles. The fourth-order valence-corrected chi connectivity index (χ4v) is 3.13. The summed E-state index contributed by atoms with van der Waals surface area (Å²) >= 11 is 0. The Morgan fingerprint density at radius 1 is 1.07 bits per heavy atom. The number of carbonyl (C=O) groups excluding carboxylic acids is 1. The summed E-state index contributed by atoms with van der Waals surface area (Å²) in [6, 6.07) is 7.13. The van der Waals surface area contributed by atoms with Crippen molar-refractivity contribution in [2.45, 2.75) is 18.5 Å². The molecule has 5 nitrogen and oxygen atoms in total. The fourth-order valence-electron chi connectivity index (χ4n) is 3.13. The van der Waals surface area contributed by atoms with E-state index in [1.165, 1.54) is 23.1 Å². The lowest BCUT2D eigenvalue weighted by Gasteiger charge is -2.16. The monoisotopic (exact) mass is 409 g/mol. The van der Waals surface area contributed by atoms with Gasteiger partial charge in [-0.2, -0.15) is 18.2 Å². The topological polar surface area (TPSA) is 59.2 Å². The van der Waals surface area contributed by atoms with Crippen LogP contribution in [0, 0.1) is 11.6 Å². The van der Waals surface area contributed by atoms with Crippen molar-refractivity contribution in [2.24, 2.45) is 0 Å². The van der Waals surface area contributed by atoms with Crippen LogP contribution in [0.15, 0.2) is 47.0 Å².